The second-order valence-electron chi connectivity index (χ2n) is 10.6. The van der Waals surface area contributed by atoms with Crippen LogP contribution in [0.25, 0.3) is 0 Å². The second kappa shape index (κ2) is 9.69. The first kappa shape index (κ1) is 25.3. The fourth-order valence-electron chi connectivity index (χ4n) is 6.24. The predicted octanol–water partition coefficient (Wildman–Crippen LogP) is 2.78. The Kier molecular flexibility index (Phi) is 7.21. The second-order valence-corrected chi connectivity index (χ2v) is 12.4. The topological polar surface area (TPSA) is 87.2 Å². The van der Waals surface area contributed by atoms with Crippen LogP contribution in [-0.2, 0) is 19.1 Å². The molecule has 2 amide bonds. The number of carbonyl (C=O) groups is 3. The lowest BCUT2D eigenvalue weighted by molar-refractivity contribution is -0.155. The number of rotatable bonds is 7. The molecule has 1 unspecified atom stereocenters. The summed E-state index contributed by atoms with van der Waals surface area (Å²) in [4.78, 5) is 45.1. The van der Waals surface area contributed by atoms with E-state index in [1.54, 1.807) is 16.7 Å². The molecule has 34 heavy (non-hydrogen) atoms. The highest BCUT2D eigenvalue weighted by atomic mass is 32.2. The zero-order chi connectivity index (χ0) is 24.7. The van der Waals surface area contributed by atoms with E-state index >= 15 is 0 Å². The number of cyclic esters (lactones) is 1. The number of esters is 1. The molecule has 4 heterocycles. The first-order chi connectivity index (χ1) is 16.2. The lowest BCUT2D eigenvalue weighted by atomic mass is 9.74. The minimum Gasteiger partial charge on any atom is -0.465 e. The van der Waals surface area contributed by atoms with Crippen LogP contribution in [0, 0.1) is 17.8 Å². The van der Waals surface area contributed by atoms with Gasteiger partial charge in [0.15, 0.2) is 0 Å². The number of thioether (sulfide) groups is 1. The SMILES string of the molecule is CCCCN1CC=C[C@]23S[C@@]4(C)C=CCCOC(=O)[C@H]4[C@H]2C(=O)N([C@@H](CO)CC(C)C)C3C1=O. The number of ether oxygens (including phenoxy) is 1. The molecular weight excluding hydrogens is 452 g/mol. The molecule has 0 aromatic rings. The Morgan fingerprint density at radius 2 is 1.94 bits per heavy atom. The van der Waals surface area contributed by atoms with Crippen LogP contribution in [0.5, 0.6) is 0 Å². The van der Waals surface area contributed by atoms with E-state index in [0.29, 0.717) is 32.5 Å². The molecule has 2 saturated heterocycles. The maximum absolute atomic E-state index is 14.2. The number of hydrogen-bond donors (Lipinski definition) is 1. The minimum atomic E-state index is -0.882. The third kappa shape index (κ3) is 4.00. The number of fused-ring (bicyclic) bond motifs is 2. The third-order valence-corrected chi connectivity index (χ3v) is 9.47. The third-order valence-electron chi connectivity index (χ3n) is 7.67. The van der Waals surface area contributed by atoms with Crippen molar-refractivity contribution in [1.29, 1.82) is 0 Å². The first-order valence-corrected chi connectivity index (χ1v) is 13.5. The van der Waals surface area contributed by atoms with Gasteiger partial charge in [0.1, 0.15) is 6.04 Å². The summed E-state index contributed by atoms with van der Waals surface area (Å²) in [6.45, 7) is 9.36. The van der Waals surface area contributed by atoms with Crippen LogP contribution in [0.1, 0.15) is 53.4 Å². The van der Waals surface area contributed by atoms with Crippen molar-refractivity contribution in [3.8, 4) is 0 Å². The van der Waals surface area contributed by atoms with Gasteiger partial charge in [-0.1, -0.05) is 51.5 Å². The average molecular weight is 491 g/mol. The smallest absolute Gasteiger partial charge is 0.311 e. The highest BCUT2D eigenvalue weighted by Crippen LogP contribution is 2.65. The van der Waals surface area contributed by atoms with Crippen LogP contribution < -0.4 is 0 Å². The van der Waals surface area contributed by atoms with Gasteiger partial charge in [-0.25, -0.2) is 0 Å². The van der Waals surface area contributed by atoms with Crippen LogP contribution in [0.3, 0.4) is 0 Å². The van der Waals surface area contributed by atoms with Gasteiger partial charge in [-0.3, -0.25) is 14.4 Å². The van der Waals surface area contributed by atoms with E-state index in [1.807, 2.05) is 50.0 Å². The van der Waals surface area contributed by atoms with Gasteiger partial charge in [-0.05, 0) is 32.1 Å². The fraction of sp³-hybridized carbons (Fsp3) is 0.731. The van der Waals surface area contributed by atoms with Crippen molar-refractivity contribution in [3.63, 3.8) is 0 Å². The Balaban J connectivity index is 1.86. The number of nitrogens with zero attached hydrogens (tertiary/aromatic N) is 2. The summed E-state index contributed by atoms with van der Waals surface area (Å²) in [5.41, 5.74) is 0. The largest absolute Gasteiger partial charge is 0.465 e. The van der Waals surface area contributed by atoms with Crippen LogP contribution in [0.2, 0.25) is 0 Å². The summed E-state index contributed by atoms with van der Waals surface area (Å²) in [5.74, 6) is -1.83. The van der Waals surface area contributed by atoms with E-state index in [1.165, 1.54) is 0 Å². The highest BCUT2D eigenvalue weighted by molar-refractivity contribution is 8.02. The molecule has 8 heteroatoms. The lowest BCUT2D eigenvalue weighted by Crippen LogP contribution is -2.57. The van der Waals surface area contributed by atoms with Gasteiger partial charge in [0.25, 0.3) is 0 Å². The molecule has 0 aromatic carbocycles. The van der Waals surface area contributed by atoms with Crippen LogP contribution in [0.15, 0.2) is 24.3 Å². The number of hydrogen-bond acceptors (Lipinski definition) is 6. The molecular formula is C26H38N2O5S. The average Bonchev–Trinajstić information content (AvgIpc) is 3.11. The van der Waals surface area contributed by atoms with Gasteiger partial charge in [0, 0.05) is 17.8 Å². The molecule has 4 rings (SSSR count). The zero-order valence-corrected chi connectivity index (χ0v) is 21.6. The molecule has 4 aliphatic rings. The van der Waals surface area contributed by atoms with Gasteiger partial charge in [-0.2, -0.15) is 0 Å². The van der Waals surface area contributed by atoms with Gasteiger partial charge >= 0.3 is 5.97 Å². The van der Waals surface area contributed by atoms with E-state index in [2.05, 4.69) is 6.92 Å². The maximum Gasteiger partial charge on any atom is 0.311 e. The van der Waals surface area contributed by atoms with E-state index in [9.17, 15) is 19.5 Å². The molecule has 0 bridgehead atoms. The number of unbranched alkanes of at least 4 members (excludes halogenated alkanes) is 1. The van der Waals surface area contributed by atoms with Gasteiger partial charge in [0.2, 0.25) is 11.8 Å². The predicted molar refractivity (Wildman–Crippen MR) is 132 cm³/mol. The highest BCUT2D eigenvalue weighted by Gasteiger charge is 2.74. The van der Waals surface area contributed by atoms with Gasteiger partial charge in [-0.15, -0.1) is 11.8 Å². The van der Waals surface area contributed by atoms with Crippen molar-refractivity contribution in [3.05, 3.63) is 24.3 Å². The van der Waals surface area contributed by atoms with Crippen molar-refractivity contribution in [2.75, 3.05) is 26.3 Å². The molecule has 7 nitrogen and oxygen atoms in total. The van der Waals surface area contributed by atoms with Crippen molar-refractivity contribution in [2.45, 2.75) is 75.0 Å². The lowest BCUT2D eigenvalue weighted by Gasteiger charge is -2.40. The number of amides is 2. The van der Waals surface area contributed by atoms with Crippen LogP contribution in [0.4, 0.5) is 0 Å². The molecule has 1 N–H and O–H groups in total. The molecule has 0 aromatic heterocycles. The summed E-state index contributed by atoms with van der Waals surface area (Å²) in [6.07, 6.45) is 11.2. The number of aliphatic hydroxyl groups excluding tert-OH is 1. The van der Waals surface area contributed by atoms with Crippen LogP contribution >= 0.6 is 11.8 Å². The van der Waals surface area contributed by atoms with Gasteiger partial charge in [0.05, 0.1) is 35.8 Å². The summed E-state index contributed by atoms with van der Waals surface area (Å²) < 4.78 is 4.03. The van der Waals surface area contributed by atoms with Crippen molar-refractivity contribution in [2.24, 2.45) is 17.8 Å². The molecule has 188 valence electrons. The van der Waals surface area contributed by atoms with E-state index in [-0.39, 0.29) is 30.3 Å². The van der Waals surface area contributed by atoms with Crippen LogP contribution in [-0.4, -0.2) is 80.6 Å². The monoisotopic (exact) mass is 490 g/mol. The van der Waals surface area contributed by atoms with Crippen molar-refractivity contribution < 1.29 is 24.2 Å². The standard InChI is InChI=1S/C26H38N2O5S/c1-5-6-12-27-13-9-11-26-19(20-24(32)33-14-8-7-10-25(20,4)34-26)22(30)28(21(26)23(27)31)18(16-29)15-17(2)3/h7,9-11,17-21,29H,5-6,8,12-16H2,1-4H3/t18-,19+,20-,21?,25+,26+/m1/s1. The summed E-state index contributed by atoms with van der Waals surface area (Å²) in [5, 5.41) is 10.3. The summed E-state index contributed by atoms with van der Waals surface area (Å²) in [7, 11) is 0. The molecule has 0 saturated carbocycles. The Morgan fingerprint density at radius 3 is 2.62 bits per heavy atom. The van der Waals surface area contributed by atoms with E-state index < -0.39 is 33.4 Å². The van der Waals surface area contributed by atoms with E-state index in [4.69, 9.17) is 4.74 Å². The summed E-state index contributed by atoms with van der Waals surface area (Å²) in [6, 6.07) is -1.23. The molecule has 0 aliphatic carbocycles. The molecule has 6 atom stereocenters. The normalized spacial score (nSPS) is 36.1. The number of aliphatic hydroxyl groups is 1. The molecule has 1 spiro atoms. The Morgan fingerprint density at radius 1 is 1.18 bits per heavy atom. The maximum atomic E-state index is 14.2. The number of likely N-dealkylation sites (tertiary alicyclic amines) is 1. The number of carbonyl (C=O) groups excluding carboxylic acids is 3. The van der Waals surface area contributed by atoms with Crippen molar-refractivity contribution >= 4 is 29.5 Å². The Hall–Kier alpha value is -1.80. The fourth-order valence-corrected chi connectivity index (χ4v) is 8.38. The minimum absolute atomic E-state index is 0.0841. The summed E-state index contributed by atoms with van der Waals surface area (Å²) >= 11 is 1.56. The van der Waals surface area contributed by atoms with Gasteiger partial charge < -0.3 is 19.6 Å². The first-order valence-electron chi connectivity index (χ1n) is 12.6. The molecule has 0 radical (unpaired) electrons. The van der Waals surface area contributed by atoms with Crippen molar-refractivity contribution in [1.82, 2.24) is 9.80 Å². The quantitative estimate of drug-likeness (QED) is 0.436. The Labute approximate surface area is 206 Å². The molecule has 4 aliphatic heterocycles. The Bertz CT molecular complexity index is 888. The molecule has 2 fully saturated rings. The van der Waals surface area contributed by atoms with E-state index in [0.717, 1.165) is 12.8 Å². The zero-order valence-electron chi connectivity index (χ0n) is 20.7.